The average Bonchev–Trinajstić information content (AvgIpc) is 2.75. The molecular weight excluding hydrogens is 396 g/mol. The smallest absolute Gasteiger partial charge is 0.0108 e. The second-order valence-electron chi connectivity index (χ2n) is 10.8. The molecule has 176 valence electrons. The number of benzene rings is 2. The van der Waals surface area contributed by atoms with Crippen molar-refractivity contribution in [2.24, 2.45) is 5.92 Å². The van der Waals surface area contributed by atoms with Crippen LogP contribution in [0.5, 0.6) is 0 Å². The van der Waals surface area contributed by atoms with Crippen LogP contribution < -0.4 is 0 Å². The summed E-state index contributed by atoms with van der Waals surface area (Å²) in [6.45, 7) is 22.6. The zero-order valence-electron chi connectivity index (χ0n) is 22.6. The lowest BCUT2D eigenvalue weighted by Crippen LogP contribution is -2.26. The molecule has 0 amide bonds. The van der Waals surface area contributed by atoms with Crippen LogP contribution in [-0.4, -0.2) is 0 Å². The minimum Gasteiger partial charge on any atom is -0.0808 e. The third kappa shape index (κ3) is 6.70. The van der Waals surface area contributed by atoms with Crippen LogP contribution in [0.3, 0.4) is 0 Å². The predicted molar refractivity (Wildman–Crippen MR) is 148 cm³/mol. The molecule has 0 aliphatic heterocycles. The van der Waals surface area contributed by atoms with Crippen molar-refractivity contribution >= 4 is 0 Å². The van der Waals surface area contributed by atoms with Crippen molar-refractivity contribution in [2.45, 2.75) is 80.1 Å². The highest BCUT2D eigenvalue weighted by molar-refractivity contribution is 5.42. The van der Waals surface area contributed by atoms with Gasteiger partial charge in [-0.2, -0.15) is 0 Å². The van der Waals surface area contributed by atoms with E-state index in [9.17, 15) is 0 Å². The molecule has 0 spiro atoms. The molecule has 0 bridgehead atoms. The van der Waals surface area contributed by atoms with Crippen molar-refractivity contribution in [3.8, 4) is 0 Å². The summed E-state index contributed by atoms with van der Waals surface area (Å²) in [5.74, 6) is 0.437. The normalized spacial score (nSPS) is 14.7. The van der Waals surface area contributed by atoms with Crippen LogP contribution >= 0.6 is 0 Å². The first kappa shape index (κ1) is 26.7. The van der Waals surface area contributed by atoms with Crippen molar-refractivity contribution in [1.29, 1.82) is 0 Å². The summed E-state index contributed by atoms with van der Waals surface area (Å²) >= 11 is 0. The summed E-state index contributed by atoms with van der Waals surface area (Å²) in [6.07, 6.45) is 15.2. The molecule has 33 heavy (non-hydrogen) atoms. The second-order valence-corrected chi connectivity index (χ2v) is 10.8. The fourth-order valence-corrected chi connectivity index (χ4v) is 4.37. The van der Waals surface area contributed by atoms with Gasteiger partial charge in [0.2, 0.25) is 0 Å². The first-order chi connectivity index (χ1) is 15.4. The Morgan fingerprint density at radius 2 is 1.18 bits per heavy atom. The third-order valence-corrected chi connectivity index (χ3v) is 7.47. The Hall–Kier alpha value is -2.60. The summed E-state index contributed by atoms with van der Waals surface area (Å²) in [6, 6.07) is 13.5. The van der Waals surface area contributed by atoms with E-state index < -0.39 is 0 Å². The van der Waals surface area contributed by atoms with E-state index in [4.69, 9.17) is 0 Å². The molecule has 1 atom stereocenters. The summed E-state index contributed by atoms with van der Waals surface area (Å²) in [5, 5.41) is 0. The van der Waals surface area contributed by atoms with E-state index in [1.165, 1.54) is 39.0 Å². The van der Waals surface area contributed by atoms with E-state index in [2.05, 4.69) is 148 Å². The summed E-state index contributed by atoms with van der Waals surface area (Å²) in [4.78, 5) is 0. The number of allylic oxidation sites excluding steroid dienone is 8. The molecule has 0 aliphatic carbocycles. The van der Waals surface area contributed by atoms with Gasteiger partial charge in [0.1, 0.15) is 0 Å². The molecule has 0 radical (unpaired) electrons. The Balaban J connectivity index is 2.04. The standard InChI is InChI=1S/C33H44/c1-24-18-20-26(3)30(22-24)32(7,8)28(5)16-14-12-11-13-15-17-29(6)33(9,10)31-23-25(2)19-21-27(31)4/h11-23,28H,1-10H3/b12-11+,15-13+,16-14+,29-17-. The number of rotatable bonds is 8. The molecule has 0 heterocycles. The fourth-order valence-electron chi connectivity index (χ4n) is 4.37. The minimum atomic E-state index is 0.0129. The van der Waals surface area contributed by atoms with E-state index in [1.807, 2.05) is 0 Å². The first-order valence-electron chi connectivity index (χ1n) is 12.2. The van der Waals surface area contributed by atoms with E-state index in [0.717, 1.165) is 0 Å². The van der Waals surface area contributed by atoms with Gasteiger partial charge in [0.25, 0.3) is 0 Å². The molecule has 2 rings (SSSR count). The minimum absolute atomic E-state index is 0.0129. The van der Waals surface area contributed by atoms with Gasteiger partial charge in [-0.1, -0.05) is 130 Å². The molecule has 1 unspecified atom stereocenters. The van der Waals surface area contributed by atoms with E-state index in [0.29, 0.717) is 5.92 Å². The van der Waals surface area contributed by atoms with Crippen LogP contribution in [0.1, 0.15) is 74.9 Å². The topological polar surface area (TPSA) is 0 Å². The van der Waals surface area contributed by atoms with Gasteiger partial charge in [0, 0.05) is 5.41 Å². The van der Waals surface area contributed by atoms with Crippen LogP contribution in [0, 0.1) is 33.6 Å². The van der Waals surface area contributed by atoms with Crippen LogP contribution in [0.2, 0.25) is 0 Å². The van der Waals surface area contributed by atoms with Crippen molar-refractivity contribution in [3.63, 3.8) is 0 Å². The lowest BCUT2D eigenvalue weighted by Gasteiger charge is -2.32. The number of aryl methyl sites for hydroxylation is 4. The molecular formula is C33H44. The van der Waals surface area contributed by atoms with E-state index in [-0.39, 0.29) is 10.8 Å². The predicted octanol–water partition coefficient (Wildman–Crippen LogP) is 9.43. The fraction of sp³-hybridized carbons (Fsp3) is 0.394. The highest BCUT2D eigenvalue weighted by atomic mass is 14.3. The summed E-state index contributed by atoms with van der Waals surface area (Å²) in [5.41, 5.74) is 9.68. The number of hydrogen-bond donors (Lipinski definition) is 0. The molecule has 0 saturated heterocycles. The summed E-state index contributed by atoms with van der Waals surface area (Å²) < 4.78 is 0. The highest BCUT2D eigenvalue weighted by Crippen LogP contribution is 2.35. The molecule has 0 heteroatoms. The Morgan fingerprint density at radius 3 is 1.79 bits per heavy atom. The Morgan fingerprint density at radius 1 is 0.697 bits per heavy atom. The lowest BCUT2D eigenvalue weighted by atomic mass is 9.72. The molecule has 0 fully saturated rings. The van der Waals surface area contributed by atoms with E-state index >= 15 is 0 Å². The molecule has 0 aromatic heterocycles. The van der Waals surface area contributed by atoms with Crippen molar-refractivity contribution in [3.05, 3.63) is 118 Å². The van der Waals surface area contributed by atoms with E-state index in [1.54, 1.807) is 0 Å². The quantitative estimate of drug-likeness (QED) is 0.359. The van der Waals surface area contributed by atoms with Gasteiger partial charge in [-0.15, -0.1) is 0 Å². The molecule has 2 aromatic carbocycles. The van der Waals surface area contributed by atoms with Gasteiger partial charge >= 0.3 is 0 Å². The van der Waals surface area contributed by atoms with Crippen molar-refractivity contribution in [1.82, 2.24) is 0 Å². The monoisotopic (exact) mass is 440 g/mol. The maximum Gasteiger partial charge on any atom is 0.0108 e. The molecule has 0 nitrogen and oxygen atoms in total. The average molecular weight is 441 g/mol. The first-order valence-corrected chi connectivity index (χ1v) is 12.2. The van der Waals surface area contributed by atoms with Gasteiger partial charge < -0.3 is 0 Å². The summed E-state index contributed by atoms with van der Waals surface area (Å²) in [7, 11) is 0. The third-order valence-electron chi connectivity index (χ3n) is 7.47. The largest absolute Gasteiger partial charge is 0.0808 e. The lowest BCUT2D eigenvalue weighted by molar-refractivity contribution is 0.407. The van der Waals surface area contributed by atoms with Crippen LogP contribution in [0.4, 0.5) is 0 Å². The van der Waals surface area contributed by atoms with Gasteiger partial charge in [-0.25, -0.2) is 0 Å². The Bertz CT molecular complexity index is 1070. The van der Waals surface area contributed by atoms with Gasteiger partial charge in [0.05, 0.1) is 0 Å². The highest BCUT2D eigenvalue weighted by Gasteiger charge is 2.27. The molecule has 0 aliphatic rings. The zero-order valence-corrected chi connectivity index (χ0v) is 22.6. The SMILES string of the molecule is C/C(=C/C=C/C=C/C=C/C(C)C(C)(C)c1cc(C)ccc1C)C(C)(C)c1cc(C)ccc1C. The van der Waals surface area contributed by atoms with Crippen molar-refractivity contribution in [2.75, 3.05) is 0 Å². The maximum atomic E-state index is 2.35. The number of hydrogen-bond acceptors (Lipinski definition) is 0. The van der Waals surface area contributed by atoms with Crippen LogP contribution in [-0.2, 0) is 10.8 Å². The Kier molecular flexibility index (Phi) is 8.89. The van der Waals surface area contributed by atoms with Gasteiger partial charge in [-0.05, 0) is 68.2 Å². The second kappa shape index (κ2) is 11.0. The van der Waals surface area contributed by atoms with Gasteiger partial charge in [0.15, 0.2) is 0 Å². The van der Waals surface area contributed by atoms with Crippen molar-refractivity contribution < 1.29 is 0 Å². The molecule has 0 saturated carbocycles. The molecule has 0 N–H and O–H groups in total. The van der Waals surface area contributed by atoms with Gasteiger partial charge in [-0.3, -0.25) is 0 Å². The maximum absolute atomic E-state index is 2.35. The Labute approximate surface area is 203 Å². The zero-order chi connectivity index (χ0) is 24.8. The molecule has 2 aromatic rings. The van der Waals surface area contributed by atoms with Crippen LogP contribution in [0.15, 0.2) is 84.5 Å². The van der Waals surface area contributed by atoms with Crippen LogP contribution in [0.25, 0.3) is 0 Å².